The van der Waals surface area contributed by atoms with Crippen molar-refractivity contribution >= 4 is 0 Å². The van der Waals surface area contributed by atoms with Crippen LogP contribution in [-0.2, 0) is 11.3 Å². The van der Waals surface area contributed by atoms with Crippen LogP contribution >= 0.6 is 0 Å². The summed E-state index contributed by atoms with van der Waals surface area (Å²) in [5.74, 6) is -1.47. The van der Waals surface area contributed by atoms with Gasteiger partial charge >= 0.3 is 0 Å². The molecule has 104 valence electrons. The normalized spacial score (nSPS) is 17.1. The van der Waals surface area contributed by atoms with E-state index in [9.17, 15) is 20.4 Å². The van der Waals surface area contributed by atoms with Gasteiger partial charge in [0.05, 0.1) is 12.3 Å². The summed E-state index contributed by atoms with van der Waals surface area (Å²) in [4.78, 5) is 4.05. The van der Waals surface area contributed by atoms with E-state index in [-0.39, 0.29) is 17.9 Å². The molecule has 0 amide bonds. The predicted octanol–water partition coefficient (Wildman–Crippen LogP) is 1.83. The Labute approximate surface area is 114 Å². The quantitative estimate of drug-likeness (QED) is 0.592. The van der Waals surface area contributed by atoms with E-state index >= 15 is 0 Å². The van der Waals surface area contributed by atoms with E-state index in [2.05, 4.69) is 4.98 Å². The second kappa shape index (κ2) is 4.28. The van der Waals surface area contributed by atoms with Gasteiger partial charge in [-0.05, 0) is 19.1 Å². The van der Waals surface area contributed by atoms with Crippen molar-refractivity contribution in [2.45, 2.75) is 19.6 Å². The summed E-state index contributed by atoms with van der Waals surface area (Å²) < 4.78 is 5.57. The van der Waals surface area contributed by atoms with Crippen LogP contribution in [0.1, 0.15) is 28.5 Å². The first-order valence-corrected chi connectivity index (χ1v) is 6.03. The van der Waals surface area contributed by atoms with Gasteiger partial charge in [0.2, 0.25) is 5.75 Å². The molecule has 0 bridgehead atoms. The highest BCUT2D eigenvalue weighted by Crippen LogP contribution is 2.48. The molecule has 1 atom stereocenters. The number of rotatable bonds is 1. The Bertz CT molecular complexity index is 698. The third-order valence-corrected chi connectivity index (χ3v) is 3.47. The van der Waals surface area contributed by atoms with E-state index in [4.69, 9.17) is 4.74 Å². The monoisotopic (exact) mass is 275 g/mol. The van der Waals surface area contributed by atoms with Crippen molar-refractivity contribution in [3.63, 3.8) is 0 Å². The summed E-state index contributed by atoms with van der Waals surface area (Å²) in [7, 11) is 0. The summed E-state index contributed by atoms with van der Waals surface area (Å²) in [5.41, 5.74) is 1.99. The van der Waals surface area contributed by atoms with Crippen LogP contribution in [0.25, 0.3) is 0 Å². The van der Waals surface area contributed by atoms with Gasteiger partial charge in [0.25, 0.3) is 0 Å². The average Bonchev–Trinajstić information content (AvgIpc) is 2.85. The number of aromatic hydroxyl groups is 4. The lowest BCUT2D eigenvalue weighted by molar-refractivity contribution is 0.0907. The van der Waals surface area contributed by atoms with Gasteiger partial charge in [-0.2, -0.15) is 0 Å². The minimum Gasteiger partial charge on any atom is -0.506 e. The van der Waals surface area contributed by atoms with Crippen LogP contribution in [0.2, 0.25) is 0 Å². The number of nitrogens with zero attached hydrogens (tertiary/aromatic N) is 1. The number of pyridine rings is 1. The molecule has 4 N–H and O–H groups in total. The Kier molecular flexibility index (Phi) is 2.69. The van der Waals surface area contributed by atoms with Crippen molar-refractivity contribution in [1.29, 1.82) is 0 Å². The van der Waals surface area contributed by atoms with E-state index in [1.54, 1.807) is 13.1 Å². The SMILES string of the molecule is Cc1ncc2c(c1O)C(c1ccc(O)c(O)c1O)OC2. The van der Waals surface area contributed by atoms with E-state index in [1.165, 1.54) is 12.1 Å². The van der Waals surface area contributed by atoms with E-state index in [0.717, 1.165) is 5.56 Å². The van der Waals surface area contributed by atoms with Crippen molar-refractivity contribution in [2.24, 2.45) is 0 Å². The van der Waals surface area contributed by atoms with Crippen molar-refractivity contribution < 1.29 is 25.2 Å². The topological polar surface area (TPSA) is 103 Å². The first-order valence-electron chi connectivity index (χ1n) is 6.03. The van der Waals surface area contributed by atoms with Gasteiger partial charge in [-0.1, -0.05) is 0 Å². The molecule has 6 nitrogen and oxygen atoms in total. The van der Waals surface area contributed by atoms with Crippen LogP contribution in [-0.4, -0.2) is 25.4 Å². The van der Waals surface area contributed by atoms with Gasteiger partial charge < -0.3 is 25.2 Å². The molecule has 20 heavy (non-hydrogen) atoms. The second-order valence-electron chi connectivity index (χ2n) is 4.69. The molecule has 0 spiro atoms. The highest BCUT2D eigenvalue weighted by molar-refractivity contribution is 5.58. The number of hydrogen-bond acceptors (Lipinski definition) is 6. The average molecular weight is 275 g/mol. The fraction of sp³-hybridized carbons (Fsp3) is 0.214. The van der Waals surface area contributed by atoms with Gasteiger partial charge in [0.1, 0.15) is 11.9 Å². The number of aryl methyl sites for hydroxylation is 1. The zero-order chi connectivity index (χ0) is 14.4. The molecule has 2 heterocycles. The smallest absolute Gasteiger partial charge is 0.200 e. The van der Waals surface area contributed by atoms with Gasteiger partial charge in [-0.3, -0.25) is 4.98 Å². The van der Waals surface area contributed by atoms with Gasteiger partial charge in [-0.25, -0.2) is 0 Å². The van der Waals surface area contributed by atoms with Crippen LogP contribution in [0, 0.1) is 6.92 Å². The number of aromatic nitrogens is 1. The fourth-order valence-electron chi connectivity index (χ4n) is 2.36. The molecule has 1 aliphatic heterocycles. The Balaban J connectivity index is 2.17. The molecule has 0 aliphatic carbocycles. The molecule has 3 rings (SSSR count). The van der Waals surface area contributed by atoms with Crippen LogP contribution in [0.4, 0.5) is 0 Å². The number of ether oxygens (including phenoxy) is 1. The first-order chi connectivity index (χ1) is 9.50. The summed E-state index contributed by atoms with van der Waals surface area (Å²) >= 11 is 0. The van der Waals surface area contributed by atoms with E-state index < -0.39 is 23.4 Å². The molecule has 1 aromatic heterocycles. The molecule has 0 saturated heterocycles. The minimum absolute atomic E-state index is 0.0111. The standard InChI is InChI=1S/C14H13NO5/c1-6-11(17)10-7(4-15-6)5-20-14(10)8-2-3-9(16)13(19)12(8)18/h2-4,14,16-19H,5H2,1H3. The molecule has 1 aromatic carbocycles. The largest absolute Gasteiger partial charge is 0.506 e. The highest BCUT2D eigenvalue weighted by atomic mass is 16.5. The van der Waals surface area contributed by atoms with Crippen molar-refractivity contribution in [3.05, 3.63) is 40.7 Å². The molecular formula is C14H13NO5. The molecule has 1 unspecified atom stereocenters. The minimum atomic E-state index is -0.710. The van der Waals surface area contributed by atoms with Gasteiger partial charge in [0, 0.05) is 22.9 Å². The number of benzene rings is 1. The Morgan fingerprint density at radius 3 is 2.60 bits per heavy atom. The molecule has 0 saturated carbocycles. The number of phenolic OH excluding ortho intramolecular Hbond substituents is 3. The third kappa shape index (κ3) is 1.65. The lowest BCUT2D eigenvalue weighted by Gasteiger charge is -2.16. The van der Waals surface area contributed by atoms with Gasteiger partial charge in [-0.15, -0.1) is 0 Å². The van der Waals surface area contributed by atoms with Crippen LogP contribution < -0.4 is 0 Å². The van der Waals surface area contributed by atoms with Crippen molar-refractivity contribution in [1.82, 2.24) is 4.98 Å². The summed E-state index contributed by atoms with van der Waals surface area (Å²) in [6, 6.07) is 2.70. The Morgan fingerprint density at radius 2 is 1.85 bits per heavy atom. The predicted molar refractivity (Wildman–Crippen MR) is 68.7 cm³/mol. The van der Waals surface area contributed by atoms with E-state index in [0.29, 0.717) is 11.3 Å². The molecule has 1 aliphatic rings. The summed E-state index contributed by atoms with van der Waals surface area (Å²) in [5, 5.41) is 39.0. The second-order valence-corrected chi connectivity index (χ2v) is 4.69. The highest BCUT2D eigenvalue weighted by Gasteiger charge is 2.32. The molecular weight excluding hydrogens is 262 g/mol. The van der Waals surface area contributed by atoms with Crippen LogP contribution in [0.3, 0.4) is 0 Å². The fourth-order valence-corrected chi connectivity index (χ4v) is 2.36. The molecule has 0 radical (unpaired) electrons. The van der Waals surface area contributed by atoms with Crippen LogP contribution in [0.5, 0.6) is 23.0 Å². The van der Waals surface area contributed by atoms with Crippen LogP contribution in [0.15, 0.2) is 18.3 Å². The Hall–Kier alpha value is -2.47. The third-order valence-electron chi connectivity index (χ3n) is 3.47. The maximum absolute atomic E-state index is 10.1. The Morgan fingerprint density at radius 1 is 1.10 bits per heavy atom. The molecule has 2 aromatic rings. The maximum Gasteiger partial charge on any atom is 0.200 e. The van der Waals surface area contributed by atoms with Crippen molar-refractivity contribution in [3.8, 4) is 23.0 Å². The van der Waals surface area contributed by atoms with Crippen molar-refractivity contribution in [2.75, 3.05) is 0 Å². The number of phenols is 3. The maximum atomic E-state index is 10.1. The first kappa shape index (κ1) is 12.6. The molecule has 0 fully saturated rings. The number of hydrogen-bond donors (Lipinski definition) is 4. The van der Waals surface area contributed by atoms with Gasteiger partial charge in [0.15, 0.2) is 11.5 Å². The lowest BCUT2D eigenvalue weighted by Crippen LogP contribution is -2.01. The lowest BCUT2D eigenvalue weighted by atomic mass is 9.97. The van der Waals surface area contributed by atoms with E-state index in [1.807, 2.05) is 0 Å². The summed E-state index contributed by atoms with van der Waals surface area (Å²) in [6.45, 7) is 1.92. The molecule has 6 heteroatoms. The zero-order valence-electron chi connectivity index (χ0n) is 10.7. The number of fused-ring (bicyclic) bond motifs is 1. The zero-order valence-corrected chi connectivity index (χ0v) is 10.7. The summed E-state index contributed by atoms with van der Waals surface area (Å²) in [6.07, 6.45) is 0.903.